The Kier molecular flexibility index (Phi) is 9.76. The molecule has 2 amide bonds. The summed E-state index contributed by atoms with van der Waals surface area (Å²) in [6, 6.07) is 9.49. The first kappa shape index (κ1) is 24.6. The zero-order valence-electron chi connectivity index (χ0n) is 17.7. The number of benzene rings is 1. The molecule has 0 spiro atoms. The smallest absolute Gasteiger partial charge is 0.246 e. The summed E-state index contributed by atoms with van der Waals surface area (Å²) in [5.41, 5.74) is 7.12. The standard InChI is InChI=1S/C21H29N7O2.HI/c1-23-21(27-9-3-6-17(14-27)12-19(22)29)24-13-16-5-2-7-18(11-16)26-20(30)15-28-10-4-8-25-28;/h2,4-5,7-8,10-11,17H,3,6,9,12-15H2,1H3,(H2,22,29)(H,23,24)(H,26,30);1H. The van der Waals surface area contributed by atoms with Crippen LogP contribution in [0.25, 0.3) is 0 Å². The number of carbonyl (C=O) groups is 2. The number of rotatable bonds is 7. The molecule has 1 atom stereocenters. The van der Waals surface area contributed by atoms with E-state index in [0.29, 0.717) is 13.0 Å². The number of nitrogens with two attached hydrogens (primary N) is 1. The summed E-state index contributed by atoms with van der Waals surface area (Å²) in [4.78, 5) is 30.0. The molecule has 1 unspecified atom stereocenters. The third-order valence-electron chi connectivity index (χ3n) is 5.05. The first-order valence-electron chi connectivity index (χ1n) is 10.1. The Morgan fingerprint density at radius 3 is 2.87 bits per heavy atom. The van der Waals surface area contributed by atoms with Crippen molar-refractivity contribution in [3.8, 4) is 0 Å². The van der Waals surface area contributed by atoms with Crippen LogP contribution in [0.4, 0.5) is 5.69 Å². The molecule has 1 aromatic carbocycles. The molecule has 1 fully saturated rings. The van der Waals surface area contributed by atoms with Crippen molar-refractivity contribution in [1.29, 1.82) is 0 Å². The lowest BCUT2D eigenvalue weighted by atomic mass is 9.95. The van der Waals surface area contributed by atoms with Gasteiger partial charge in [-0.15, -0.1) is 24.0 Å². The number of hydrogen-bond donors (Lipinski definition) is 3. The average Bonchev–Trinajstić information content (AvgIpc) is 3.21. The Hall–Kier alpha value is -2.63. The fourth-order valence-electron chi connectivity index (χ4n) is 3.72. The van der Waals surface area contributed by atoms with Crippen molar-refractivity contribution in [2.75, 3.05) is 25.5 Å². The highest BCUT2D eigenvalue weighted by molar-refractivity contribution is 14.0. The van der Waals surface area contributed by atoms with Crippen LogP contribution in [0.2, 0.25) is 0 Å². The number of nitrogens with one attached hydrogen (secondary N) is 2. The summed E-state index contributed by atoms with van der Waals surface area (Å²) in [6.07, 6.45) is 5.83. The molecule has 10 heteroatoms. The molecule has 0 aliphatic carbocycles. The van der Waals surface area contributed by atoms with E-state index < -0.39 is 0 Å². The van der Waals surface area contributed by atoms with Crippen LogP contribution in [0.3, 0.4) is 0 Å². The Morgan fingerprint density at radius 1 is 1.32 bits per heavy atom. The number of hydrogen-bond acceptors (Lipinski definition) is 4. The molecule has 1 saturated heterocycles. The predicted molar refractivity (Wildman–Crippen MR) is 131 cm³/mol. The maximum absolute atomic E-state index is 12.2. The number of nitrogens with zero attached hydrogens (tertiary/aromatic N) is 4. The van der Waals surface area contributed by atoms with Gasteiger partial charge in [-0.05, 0) is 42.5 Å². The van der Waals surface area contributed by atoms with Gasteiger partial charge >= 0.3 is 0 Å². The second-order valence-electron chi connectivity index (χ2n) is 7.48. The van der Waals surface area contributed by atoms with Gasteiger partial charge in [-0.25, -0.2) is 0 Å². The van der Waals surface area contributed by atoms with Crippen molar-refractivity contribution >= 4 is 47.4 Å². The van der Waals surface area contributed by atoms with Crippen LogP contribution in [0, 0.1) is 5.92 Å². The van der Waals surface area contributed by atoms with Crippen molar-refractivity contribution in [3.63, 3.8) is 0 Å². The second kappa shape index (κ2) is 12.3. The van der Waals surface area contributed by atoms with Gasteiger partial charge in [0.2, 0.25) is 11.8 Å². The van der Waals surface area contributed by atoms with Crippen molar-refractivity contribution < 1.29 is 9.59 Å². The molecule has 1 aliphatic rings. The molecule has 2 aromatic rings. The minimum Gasteiger partial charge on any atom is -0.370 e. The van der Waals surface area contributed by atoms with Gasteiger partial charge in [-0.3, -0.25) is 19.3 Å². The van der Waals surface area contributed by atoms with Crippen LogP contribution in [-0.4, -0.2) is 52.6 Å². The lowest BCUT2D eigenvalue weighted by Gasteiger charge is -2.34. The first-order valence-corrected chi connectivity index (χ1v) is 10.1. The van der Waals surface area contributed by atoms with Crippen molar-refractivity contribution in [2.24, 2.45) is 16.6 Å². The van der Waals surface area contributed by atoms with Gasteiger partial charge in [0.05, 0.1) is 0 Å². The van der Waals surface area contributed by atoms with Crippen LogP contribution < -0.4 is 16.4 Å². The van der Waals surface area contributed by atoms with Crippen molar-refractivity contribution in [3.05, 3.63) is 48.3 Å². The van der Waals surface area contributed by atoms with Crippen molar-refractivity contribution in [1.82, 2.24) is 20.0 Å². The normalized spacial score (nSPS) is 16.4. The molecule has 168 valence electrons. The first-order chi connectivity index (χ1) is 14.5. The summed E-state index contributed by atoms with van der Waals surface area (Å²) < 4.78 is 1.58. The number of amides is 2. The van der Waals surface area contributed by atoms with E-state index in [4.69, 9.17) is 5.73 Å². The Bertz CT molecular complexity index is 886. The summed E-state index contributed by atoms with van der Waals surface area (Å²) in [6.45, 7) is 2.42. The van der Waals surface area contributed by atoms with Crippen LogP contribution in [0.5, 0.6) is 0 Å². The number of primary amides is 1. The van der Waals surface area contributed by atoms with E-state index >= 15 is 0 Å². The van der Waals surface area contributed by atoms with Crippen LogP contribution in [0.1, 0.15) is 24.8 Å². The molecule has 2 heterocycles. The van der Waals surface area contributed by atoms with Gasteiger partial charge in [0.15, 0.2) is 5.96 Å². The number of halogens is 1. The summed E-state index contributed by atoms with van der Waals surface area (Å²) >= 11 is 0. The fourth-order valence-corrected chi connectivity index (χ4v) is 3.72. The van der Waals surface area contributed by atoms with E-state index in [1.807, 2.05) is 24.3 Å². The number of anilines is 1. The van der Waals surface area contributed by atoms with Crippen LogP contribution in [0.15, 0.2) is 47.7 Å². The Morgan fingerprint density at radius 2 is 2.16 bits per heavy atom. The summed E-state index contributed by atoms with van der Waals surface area (Å²) in [5, 5.41) is 10.3. The monoisotopic (exact) mass is 539 g/mol. The number of carbonyl (C=O) groups excluding carboxylic acids is 2. The van der Waals surface area contributed by atoms with E-state index in [1.165, 1.54) is 0 Å². The molecule has 31 heavy (non-hydrogen) atoms. The topological polar surface area (TPSA) is 118 Å². The molecular formula is C21H30IN7O2. The lowest BCUT2D eigenvalue weighted by molar-refractivity contribution is -0.119. The molecule has 9 nitrogen and oxygen atoms in total. The third-order valence-corrected chi connectivity index (χ3v) is 5.05. The maximum Gasteiger partial charge on any atom is 0.246 e. The molecule has 0 bridgehead atoms. The van der Waals surface area contributed by atoms with E-state index in [1.54, 1.807) is 30.2 Å². The van der Waals surface area contributed by atoms with Crippen molar-refractivity contribution in [2.45, 2.75) is 32.4 Å². The Balaban J connectivity index is 0.00000341. The zero-order valence-corrected chi connectivity index (χ0v) is 20.0. The zero-order chi connectivity index (χ0) is 21.3. The van der Waals surface area contributed by atoms with E-state index in [0.717, 1.165) is 43.1 Å². The van der Waals surface area contributed by atoms with Gasteiger partial charge in [-0.1, -0.05) is 12.1 Å². The lowest BCUT2D eigenvalue weighted by Crippen LogP contribution is -2.46. The highest BCUT2D eigenvalue weighted by Gasteiger charge is 2.23. The van der Waals surface area contributed by atoms with Gasteiger partial charge in [0.1, 0.15) is 6.54 Å². The quantitative estimate of drug-likeness (QED) is 0.282. The Labute approximate surface area is 199 Å². The molecule has 4 N–H and O–H groups in total. The fraction of sp³-hybridized carbons (Fsp3) is 0.429. The van der Waals surface area contributed by atoms with Crippen LogP contribution >= 0.6 is 24.0 Å². The van der Waals surface area contributed by atoms with E-state index in [9.17, 15) is 9.59 Å². The molecule has 0 saturated carbocycles. The number of piperidine rings is 1. The average molecular weight is 539 g/mol. The summed E-state index contributed by atoms with van der Waals surface area (Å²) in [5.74, 6) is 0.685. The number of aromatic nitrogens is 2. The van der Waals surface area contributed by atoms with Gasteiger partial charge in [-0.2, -0.15) is 5.10 Å². The molecular weight excluding hydrogens is 509 g/mol. The number of guanidine groups is 1. The van der Waals surface area contributed by atoms with Crippen LogP contribution in [-0.2, 0) is 22.7 Å². The van der Waals surface area contributed by atoms with Gasteiger partial charge < -0.3 is 21.3 Å². The highest BCUT2D eigenvalue weighted by atomic mass is 127. The second-order valence-corrected chi connectivity index (χ2v) is 7.48. The number of aliphatic imine (C=N–C) groups is 1. The maximum atomic E-state index is 12.2. The SMILES string of the molecule is CN=C(NCc1cccc(NC(=O)Cn2cccn2)c1)N1CCCC(CC(N)=O)C1.I. The molecule has 1 aliphatic heterocycles. The molecule has 0 radical (unpaired) electrons. The molecule has 1 aromatic heterocycles. The van der Waals surface area contributed by atoms with Gasteiger partial charge in [0, 0.05) is 51.2 Å². The largest absolute Gasteiger partial charge is 0.370 e. The minimum atomic E-state index is -0.254. The number of likely N-dealkylation sites (tertiary alicyclic amines) is 1. The summed E-state index contributed by atoms with van der Waals surface area (Å²) in [7, 11) is 1.76. The van der Waals surface area contributed by atoms with E-state index in [-0.39, 0.29) is 48.3 Å². The van der Waals surface area contributed by atoms with E-state index in [2.05, 4.69) is 25.6 Å². The van der Waals surface area contributed by atoms with Gasteiger partial charge in [0.25, 0.3) is 0 Å². The predicted octanol–water partition coefficient (Wildman–Crippen LogP) is 1.80. The minimum absolute atomic E-state index is 0. The highest BCUT2D eigenvalue weighted by Crippen LogP contribution is 2.19. The molecule has 3 rings (SSSR count). The third kappa shape index (κ3) is 7.85.